The number of carbonyl (C=O) groups is 1. The number of halogens is 1. The van der Waals surface area contributed by atoms with Crippen LogP contribution >= 0.6 is 11.6 Å². The Morgan fingerprint density at radius 1 is 1.24 bits per heavy atom. The van der Waals surface area contributed by atoms with Crippen LogP contribution < -0.4 is 11.5 Å². The molecule has 1 aliphatic heterocycles. The highest BCUT2D eigenvalue weighted by Crippen LogP contribution is 2.18. The van der Waals surface area contributed by atoms with Gasteiger partial charge in [0.25, 0.3) is 0 Å². The lowest BCUT2D eigenvalue weighted by molar-refractivity contribution is -0.130. The van der Waals surface area contributed by atoms with Crippen LogP contribution in [0.1, 0.15) is 5.56 Å². The van der Waals surface area contributed by atoms with E-state index >= 15 is 0 Å². The van der Waals surface area contributed by atoms with Gasteiger partial charge in [-0.15, -0.1) is 0 Å². The fraction of sp³-hybridized carbons (Fsp3) is 0.412. The first-order chi connectivity index (χ1) is 11.9. The molecule has 7 nitrogen and oxygen atoms in total. The van der Waals surface area contributed by atoms with Crippen LogP contribution in [0.15, 0.2) is 35.5 Å². The summed E-state index contributed by atoms with van der Waals surface area (Å²) in [5.41, 5.74) is 13.3. The molecule has 136 valence electrons. The van der Waals surface area contributed by atoms with Crippen molar-refractivity contribution in [2.24, 2.45) is 16.5 Å². The van der Waals surface area contributed by atoms with Crippen molar-refractivity contribution in [3.63, 3.8) is 0 Å². The van der Waals surface area contributed by atoms with Gasteiger partial charge < -0.3 is 21.3 Å². The van der Waals surface area contributed by atoms with Crippen molar-refractivity contribution in [3.8, 4) is 0 Å². The van der Waals surface area contributed by atoms with Crippen LogP contribution in [-0.4, -0.2) is 73.4 Å². The zero-order valence-electron chi connectivity index (χ0n) is 14.7. The Labute approximate surface area is 153 Å². The number of benzene rings is 1. The van der Waals surface area contributed by atoms with Crippen molar-refractivity contribution in [2.45, 2.75) is 0 Å². The van der Waals surface area contributed by atoms with Crippen LogP contribution in [0.2, 0.25) is 5.02 Å². The van der Waals surface area contributed by atoms with Crippen molar-refractivity contribution in [1.29, 1.82) is 0 Å². The maximum Gasteiger partial charge on any atom is 0.236 e. The third-order valence-corrected chi connectivity index (χ3v) is 4.34. The van der Waals surface area contributed by atoms with E-state index in [1.165, 1.54) is 6.20 Å². The molecule has 1 aromatic rings. The lowest BCUT2D eigenvalue weighted by atomic mass is 10.2. The van der Waals surface area contributed by atoms with E-state index in [1.54, 1.807) is 31.1 Å². The zero-order valence-corrected chi connectivity index (χ0v) is 15.4. The summed E-state index contributed by atoms with van der Waals surface area (Å²) in [5.74, 6) is 0.524. The average Bonchev–Trinajstić information content (AvgIpc) is 2.60. The van der Waals surface area contributed by atoms with E-state index < -0.39 is 0 Å². The minimum Gasteiger partial charge on any atom is -0.403 e. The summed E-state index contributed by atoms with van der Waals surface area (Å²) >= 11 is 5.91. The van der Waals surface area contributed by atoms with E-state index in [9.17, 15) is 4.79 Å². The van der Waals surface area contributed by atoms with Crippen molar-refractivity contribution in [2.75, 3.05) is 46.8 Å². The molecule has 8 heteroatoms. The summed E-state index contributed by atoms with van der Waals surface area (Å²) in [4.78, 5) is 22.0. The molecule has 1 heterocycles. The van der Waals surface area contributed by atoms with Gasteiger partial charge in [-0.25, -0.2) is 4.99 Å². The molecule has 2 rings (SSSR count). The lowest BCUT2D eigenvalue weighted by Gasteiger charge is -2.35. The summed E-state index contributed by atoms with van der Waals surface area (Å²) in [7, 11) is 3.53. The van der Waals surface area contributed by atoms with Gasteiger partial charge in [0.05, 0.1) is 12.2 Å². The number of nitrogens with zero attached hydrogens (tertiary/aromatic N) is 4. The minimum absolute atomic E-state index is 0.103. The van der Waals surface area contributed by atoms with E-state index in [-0.39, 0.29) is 5.91 Å². The Balaban J connectivity index is 1.96. The summed E-state index contributed by atoms with van der Waals surface area (Å²) in [5, 5.41) is 0.653. The number of piperazine rings is 1. The second-order valence-electron chi connectivity index (χ2n) is 6.08. The molecule has 0 aliphatic carbocycles. The summed E-state index contributed by atoms with van der Waals surface area (Å²) in [6, 6.07) is 7.27. The molecule has 0 aromatic heterocycles. The Hall–Kier alpha value is -2.25. The Morgan fingerprint density at radius 2 is 1.84 bits per heavy atom. The molecule has 0 radical (unpaired) electrons. The second-order valence-corrected chi connectivity index (χ2v) is 6.52. The maximum absolute atomic E-state index is 11.8. The first-order valence-electron chi connectivity index (χ1n) is 8.10. The average molecular weight is 365 g/mol. The number of carbonyl (C=O) groups excluding carboxylic acids is 1. The van der Waals surface area contributed by atoms with Crippen molar-refractivity contribution < 1.29 is 4.79 Å². The van der Waals surface area contributed by atoms with E-state index in [0.717, 1.165) is 18.7 Å². The zero-order chi connectivity index (χ0) is 18.4. The van der Waals surface area contributed by atoms with Crippen molar-refractivity contribution in [3.05, 3.63) is 41.1 Å². The molecule has 1 aromatic carbocycles. The number of nitrogens with two attached hydrogens (primary N) is 2. The quantitative estimate of drug-likeness (QED) is 0.603. The Bertz CT molecular complexity index is 648. The standard InChI is InChI=1S/C17H25ClN6O/c1-22(2)16(25)12-23-7-9-24(10-8-23)17(20)21-15(11-19)13-3-5-14(18)6-4-13/h3-6,11H,7-10,12,19H2,1-2H3,(H2,20,21)/b15-11-. The van der Waals surface area contributed by atoms with E-state index in [0.29, 0.717) is 36.3 Å². The van der Waals surface area contributed by atoms with Crippen LogP contribution in [0, 0.1) is 0 Å². The SMILES string of the molecule is CN(C)C(=O)CN1CCN(C(N)=N/C(=C\N)c2ccc(Cl)cc2)CC1. The molecule has 0 bridgehead atoms. The number of hydrogen-bond acceptors (Lipinski definition) is 4. The molecule has 0 saturated carbocycles. The normalized spacial score (nSPS) is 16.8. The third kappa shape index (κ3) is 5.37. The number of rotatable bonds is 4. The highest BCUT2D eigenvalue weighted by atomic mass is 35.5. The van der Waals surface area contributed by atoms with Crippen LogP contribution in [0.3, 0.4) is 0 Å². The molecule has 0 atom stereocenters. The van der Waals surface area contributed by atoms with Gasteiger partial charge in [0.2, 0.25) is 5.91 Å². The molecule has 0 unspecified atom stereocenters. The van der Waals surface area contributed by atoms with E-state index in [4.69, 9.17) is 23.1 Å². The topological polar surface area (TPSA) is 91.2 Å². The van der Waals surface area contributed by atoms with Gasteiger partial charge >= 0.3 is 0 Å². The fourth-order valence-electron chi connectivity index (χ4n) is 2.48. The molecule has 1 fully saturated rings. The molecule has 4 N–H and O–H groups in total. The molecule has 0 spiro atoms. The first kappa shape index (κ1) is 19.1. The van der Waals surface area contributed by atoms with Gasteiger partial charge in [-0.3, -0.25) is 9.69 Å². The maximum atomic E-state index is 11.8. The monoisotopic (exact) mass is 364 g/mol. The smallest absolute Gasteiger partial charge is 0.236 e. The van der Waals surface area contributed by atoms with Gasteiger partial charge in [-0.1, -0.05) is 23.7 Å². The van der Waals surface area contributed by atoms with Gasteiger partial charge in [0.15, 0.2) is 5.96 Å². The van der Waals surface area contributed by atoms with Crippen LogP contribution in [0.4, 0.5) is 0 Å². The fourth-order valence-corrected chi connectivity index (χ4v) is 2.61. The Kier molecular flexibility index (Phi) is 6.66. The molecular formula is C17H25ClN6O. The minimum atomic E-state index is 0.103. The highest BCUT2D eigenvalue weighted by Gasteiger charge is 2.21. The molecule has 1 amide bonds. The van der Waals surface area contributed by atoms with Crippen molar-refractivity contribution in [1.82, 2.24) is 14.7 Å². The molecule has 1 aliphatic rings. The first-order valence-corrected chi connectivity index (χ1v) is 8.48. The predicted octanol–water partition coefficient (Wildman–Crippen LogP) is 0.618. The van der Waals surface area contributed by atoms with Gasteiger partial charge in [0.1, 0.15) is 0 Å². The summed E-state index contributed by atoms with van der Waals surface area (Å²) in [6.45, 7) is 3.39. The predicted molar refractivity (Wildman–Crippen MR) is 102 cm³/mol. The van der Waals surface area contributed by atoms with E-state index in [2.05, 4.69) is 9.89 Å². The van der Waals surface area contributed by atoms with Crippen LogP contribution in [-0.2, 0) is 4.79 Å². The van der Waals surface area contributed by atoms with Crippen LogP contribution in [0.25, 0.3) is 5.70 Å². The van der Waals surface area contributed by atoms with Gasteiger partial charge in [-0.05, 0) is 12.1 Å². The summed E-state index contributed by atoms with van der Waals surface area (Å²) in [6.07, 6.45) is 1.43. The largest absolute Gasteiger partial charge is 0.403 e. The molecule has 1 saturated heterocycles. The van der Waals surface area contributed by atoms with Gasteiger partial charge in [-0.2, -0.15) is 0 Å². The Morgan fingerprint density at radius 3 is 2.36 bits per heavy atom. The third-order valence-electron chi connectivity index (χ3n) is 4.09. The number of aliphatic imine (C=N–C) groups is 1. The number of guanidine groups is 1. The highest BCUT2D eigenvalue weighted by molar-refractivity contribution is 6.30. The van der Waals surface area contributed by atoms with Crippen molar-refractivity contribution >= 4 is 29.2 Å². The second kappa shape index (κ2) is 8.73. The summed E-state index contributed by atoms with van der Waals surface area (Å²) < 4.78 is 0. The van der Waals surface area contributed by atoms with Gasteiger partial charge in [0, 0.05) is 57.1 Å². The number of amides is 1. The number of hydrogen-bond donors (Lipinski definition) is 2. The molecule has 25 heavy (non-hydrogen) atoms. The van der Waals surface area contributed by atoms with E-state index in [1.807, 2.05) is 17.0 Å². The lowest BCUT2D eigenvalue weighted by Crippen LogP contribution is -2.52. The van der Waals surface area contributed by atoms with Crippen LogP contribution in [0.5, 0.6) is 0 Å². The molecular weight excluding hydrogens is 340 g/mol. The number of likely N-dealkylation sites (N-methyl/N-ethyl adjacent to an activating group) is 1.